The molecule has 1 N–H and O–H groups in total. The van der Waals surface area contributed by atoms with Crippen LogP contribution in [0.15, 0.2) is 48.5 Å². The molecular weight excluding hydrogens is 366 g/mol. The SMILES string of the molecule is Cc1ccc(OCCC(=O)NCC(=O)N2CCN(c3ccccc3)CC2)c(C)c1. The minimum absolute atomic E-state index is 0.0354. The van der Waals surface area contributed by atoms with Crippen molar-refractivity contribution in [3.8, 4) is 5.75 Å². The van der Waals surface area contributed by atoms with Crippen molar-refractivity contribution in [1.82, 2.24) is 10.2 Å². The van der Waals surface area contributed by atoms with Crippen molar-refractivity contribution >= 4 is 17.5 Å². The zero-order chi connectivity index (χ0) is 20.6. The molecule has 1 heterocycles. The molecule has 6 nitrogen and oxygen atoms in total. The number of amides is 2. The van der Waals surface area contributed by atoms with Crippen LogP contribution in [0.25, 0.3) is 0 Å². The van der Waals surface area contributed by atoms with Gasteiger partial charge < -0.3 is 19.9 Å². The zero-order valence-electron chi connectivity index (χ0n) is 17.2. The van der Waals surface area contributed by atoms with Gasteiger partial charge in [-0.2, -0.15) is 0 Å². The van der Waals surface area contributed by atoms with Gasteiger partial charge >= 0.3 is 0 Å². The molecule has 0 atom stereocenters. The van der Waals surface area contributed by atoms with E-state index < -0.39 is 0 Å². The summed E-state index contributed by atoms with van der Waals surface area (Å²) in [5.41, 5.74) is 3.41. The lowest BCUT2D eigenvalue weighted by molar-refractivity contribution is -0.133. The van der Waals surface area contributed by atoms with Gasteiger partial charge in [-0.1, -0.05) is 35.9 Å². The van der Waals surface area contributed by atoms with Crippen LogP contribution in [0.1, 0.15) is 17.5 Å². The van der Waals surface area contributed by atoms with Crippen molar-refractivity contribution in [3.63, 3.8) is 0 Å². The number of carbonyl (C=O) groups excluding carboxylic acids is 2. The molecule has 1 saturated heterocycles. The second kappa shape index (κ2) is 9.96. The maximum Gasteiger partial charge on any atom is 0.242 e. The van der Waals surface area contributed by atoms with Crippen LogP contribution in [0, 0.1) is 13.8 Å². The summed E-state index contributed by atoms with van der Waals surface area (Å²) in [7, 11) is 0. The molecule has 0 unspecified atom stereocenters. The fourth-order valence-electron chi connectivity index (χ4n) is 3.44. The zero-order valence-corrected chi connectivity index (χ0v) is 17.2. The van der Waals surface area contributed by atoms with Crippen LogP contribution < -0.4 is 15.0 Å². The topological polar surface area (TPSA) is 61.9 Å². The normalized spacial score (nSPS) is 13.9. The molecule has 0 saturated carbocycles. The number of rotatable bonds is 7. The van der Waals surface area contributed by atoms with Crippen LogP contribution in [0.2, 0.25) is 0 Å². The Morgan fingerprint density at radius 1 is 1.00 bits per heavy atom. The van der Waals surface area contributed by atoms with Gasteiger partial charge in [0.05, 0.1) is 19.6 Å². The first-order valence-corrected chi connectivity index (χ1v) is 10.1. The van der Waals surface area contributed by atoms with E-state index in [1.165, 1.54) is 11.3 Å². The summed E-state index contributed by atoms with van der Waals surface area (Å²) < 4.78 is 5.68. The summed E-state index contributed by atoms with van der Waals surface area (Å²) >= 11 is 0. The molecule has 0 bridgehead atoms. The van der Waals surface area contributed by atoms with E-state index in [1.807, 2.05) is 55.1 Å². The number of anilines is 1. The van der Waals surface area contributed by atoms with Gasteiger partial charge in [0.1, 0.15) is 5.75 Å². The molecule has 154 valence electrons. The monoisotopic (exact) mass is 395 g/mol. The number of nitrogens with one attached hydrogen (secondary N) is 1. The number of para-hydroxylation sites is 1. The van der Waals surface area contributed by atoms with E-state index in [-0.39, 0.29) is 24.8 Å². The van der Waals surface area contributed by atoms with E-state index in [2.05, 4.69) is 22.3 Å². The molecule has 0 spiro atoms. The lowest BCUT2D eigenvalue weighted by Crippen LogP contribution is -2.51. The molecular formula is C23H29N3O3. The first kappa shape index (κ1) is 20.7. The highest BCUT2D eigenvalue weighted by Gasteiger charge is 2.21. The predicted octanol–water partition coefficient (Wildman–Crippen LogP) is 2.54. The van der Waals surface area contributed by atoms with Gasteiger partial charge in [0.15, 0.2) is 0 Å². The molecule has 29 heavy (non-hydrogen) atoms. The molecule has 0 aromatic heterocycles. The molecule has 2 amide bonds. The van der Waals surface area contributed by atoms with Gasteiger partial charge in [-0.25, -0.2) is 0 Å². The minimum Gasteiger partial charge on any atom is -0.493 e. The van der Waals surface area contributed by atoms with Gasteiger partial charge in [-0.15, -0.1) is 0 Å². The van der Waals surface area contributed by atoms with E-state index in [0.717, 1.165) is 24.4 Å². The Morgan fingerprint density at radius 2 is 1.72 bits per heavy atom. The third kappa shape index (κ3) is 5.98. The standard InChI is InChI=1S/C23H29N3O3/c1-18-8-9-21(19(2)16-18)29-15-10-22(27)24-17-23(28)26-13-11-25(12-14-26)20-6-4-3-5-7-20/h3-9,16H,10-15,17H2,1-2H3,(H,24,27). The minimum atomic E-state index is -0.175. The number of aryl methyl sites for hydroxylation is 2. The van der Waals surface area contributed by atoms with Crippen molar-refractivity contribution in [3.05, 3.63) is 59.7 Å². The number of piperazine rings is 1. The van der Waals surface area contributed by atoms with Gasteiger partial charge in [0.2, 0.25) is 11.8 Å². The first-order valence-electron chi connectivity index (χ1n) is 10.1. The molecule has 6 heteroatoms. The number of ether oxygens (including phenoxy) is 1. The summed E-state index contributed by atoms with van der Waals surface area (Å²) in [4.78, 5) is 28.5. The molecule has 3 rings (SSSR count). The van der Waals surface area contributed by atoms with Gasteiger partial charge in [-0.3, -0.25) is 9.59 Å². The van der Waals surface area contributed by atoms with Gasteiger partial charge in [0.25, 0.3) is 0 Å². The maximum atomic E-state index is 12.4. The maximum absolute atomic E-state index is 12.4. The van der Waals surface area contributed by atoms with E-state index in [9.17, 15) is 9.59 Å². The fourth-order valence-corrected chi connectivity index (χ4v) is 3.44. The Bertz CT molecular complexity index is 831. The quantitative estimate of drug-likeness (QED) is 0.783. The van der Waals surface area contributed by atoms with Crippen molar-refractivity contribution in [2.75, 3.05) is 44.2 Å². The largest absolute Gasteiger partial charge is 0.493 e. The molecule has 0 aliphatic carbocycles. The van der Waals surface area contributed by atoms with E-state index in [1.54, 1.807) is 0 Å². The average molecular weight is 396 g/mol. The highest BCUT2D eigenvalue weighted by Crippen LogP contribution is 2.19. The lowest BCUT2D eigenvalue weighted by Gasteiger charge is -2.36. The summed E-state index contributed by atoms with van der Waals surface area (Å²) in [6.07, 6.45) is 0.225. The Morgan fingerprint density at radius 3 is 2.41 bits per heavy atom. The van der Waals surface area contributed by atoms with Crippen molar-refractivity contribution < 1.29 is 14.3 Å². The number of hydrogen-bond donors (Lipinski definition) is 1. The molecule has 0 radical (unpaired) electrons. The number of nitrogens with zero attached hydrogens (tertiary/aromatic N) is 2. The van der Waals surface area contributed by atoms with E-state index in [4.69, 9.17) is 4.74 Å². The number of benzene rings is 2. The summed E-state index contributed by atoms with van der Waals surface area (Å²) in [6, 6.07) is 16.2. The van der Waals surface area contributed by atoms with Gasteiger partial charge in [0, 0.05) is 31.9 Å². The van der Waals surface area contributed by atoms with Crippen LogP contribution in [-0.2, 0) is 9.59 Å². The molecule has 2 aromatic carbocycles. The third-order valence-electron chi connectivity index (χ3n) is 5.11. The predicted molar refractivity (Wildman–Crippen MR) is 114 cm³/mol. The molecule has 1 aliphatic heterocycles. The van der Waals surface area contributed by atoms with E-state index >= 15 is 0 Å². The highest BCUT2D eigenvalue weighted by molar-refractivity contribution is 5.85. The van der Waals surface area contributed by atoms with Crippen molar-refractivity contribution in [2.45, 2.75) is 20.3 Å². The second-order valence-corrected chi connectivity index (χ2v) is 7.35. The Balaban J connectivity index is 1.34. The second-order valence-electron chi connectivity index (χ2n) is 7.35. The smallest absolute Gasteiger partial charge is 0.242 e. The van der Waals surface area contributed by atoms with Crippen molar-refractivity contribution in [1.29, 1.82) is 0 Å². The molecule has 2 aromatic rings. The van der Waals surface area contributed by atoms with Crippen LogP contribution in [0.3, 0.4) is 0 Å². The van der Waals surface area contributed by atoms with Crippen LogP contribution in [-0.4, -0.2) is 56.0 Å². The first-order chi connectivity index (χ1) is 14.0. The Hall–Kier alpha value is -3.02. The summed E-state index contributed by atoms with van der Waals surface area (Å²) in [5.74, 6) is 0.572. The average Bonchev–Trinajstić information content (AvgIpc) is 2.74. The fraction of sp³-hybridized carbons (Fsp3) is 0.391. The Labute approximate surface area is 172 Å². The van der Waals surface area contributed by atoms with Crippen LogP contribution in [0.5, 0.6) is 5.75 Å². The van der Waals surface area contributed by atoms with Gasteiger partial charge in [-0.05, 0) is 37.6 Å². The summed E-state index contributed by atoms with van der Waals surface area (Å²) in [6.45, 7) is 7.27. The lowest BCUT2D eigenvalue weighted by atomic mass is 10.1. The van der Waals surface area contributed by atoms with Crippen LogP contribution in [0.4, 0.5) is 5.69 Å². The van der Waals surface area contributed by atoms with Crippen LogP contribution >= 0.6 is 0 Å². The number of hydrogen-bond acceptors (Lipinski definition) is 4. The highest BCUT2D eigenvalue weighted by atomic mass is 16.5. The molecule has 1 fully saturated rings. The third-order valence-corrected chi connectivity index (χ3v) is 5.11. The Kier molecular flexibility index (Phi) is 7.11. The van der Waals surface area contributed by atoms with E-state index in [0.29, 0.717) is 19.7 Å². The number of carbonyl (C=O) groups is 2. The summed E-state index contributed by atoms with van der Waals surface area (Å²) in [5, 5.41) is 2.71. The van der Waals surface area contributed by atoms with Crippen molar-refractivity contribution in [2.24, 2.45) is 0 Å². The molecule has 1 aliphatic rings.